The number of benzene rings is 1. The van der Waals surface area contributed by atoms with E-state index in [9.17, 15) is 4.79 Å². The summed E-state index contributed by atoms with van der Waals surface area (Å²) in [5, 5.41) is 2.99. The average molecular weight is 314 g/mol. The molecule has 1 amide bonds. The van der Waals surface area contributed by atoms with Gasteiger partial charge in [-0.1, -0.05) is 48.0 Å². The Labute approximate surface area is 117 Å². The summed E-state index contributed by atoms with van der Waals surface area (Å²) < 4.78 is 5.29. The molecule has 0 heterocycles. The first-order valence-corrected chi connectivity index (χ1v) is 6.96. The summed E-state index contributed by atoms with van der Waals surface area (Å²) in [6.07, 6.45) is 0. The monoisotopic (exact) mass is 313 g/mol. The van der Waals surface area contributed by atoms with Crippen LogP contribution in [0.1, 0.15) is 32.4 Å². The van der Waals surface area contributed by atoms with Crippen molar-refractivity contribution in [2.24, 2.45) is 5.92 Å². The first-order chi connectivity index (χ1) is 8.47. The fraction of sp³-hybridized carbons (Fsp3) is 0.500. The zero-order valence-corrected chi connectivity index (χ0v) is 12.8. The molecule has 18 heavy (non-hydrogen) atoms. The Morgan fingerprint density at radius 3 is 2.44 bits per heavy atom. The van der Waals surface area contributed by atoms with E-state index in [-0.39, 0.29) is 22.7 Å². The molecule has 100 valence electrons. The van der Waals surface area contributed by atoms with E-state index in [1.54, 1.807) is 7.11 Å². The molecule has 2 atom stereocenters. The van der Waals surface area contributed by atoms with Gasteiger partial charge in [-0.3, -0.25) is 4.79 Å². The molecule has 1 unspecified atom stereocenters. The lowest BCUT2D eigenvalue weighted by atomic mass is 10.1. The van der Waals surface area contributed by atoms with Crippen LogP contribution < -0.4 is 10.1 Å². The van der Waals surface area contributed by atoms with E-state index >= 15 is 0 Å². The molecule has 0 spiro atoms. The molecule has 0 aliphatic rings. The quantitative estimate of drug-likeness (QED) is 0.847. The maximum absolute atomic E-state index is 12.0. The van der Waals surface area contributed by atoms with Gasteiger partial charge in [0, 0.05) is 5.56 Å². The summed E-state index contributed by atoms with van der Waals surface area (Å²) in [6, 6.07) is 7.63. The van der Waals surface area contributed by atoms with Crippen LogP contribution in [0.5, 0.6) is 5.75 Å². The SMILES string of the molecule is COc1ccccc1[C@@H](C)NC(=O)C(Br)C(C)C. The van der Waals surface area contributed by atoms with E-state index in [1.165, 1.54) is 0 Å². The Hall–Kier alpha value is -1.03. The third-order valence-corrected chi connectivity index (χ3v) is 4.27. The number of halogens is 1. The van der Waals surface area contributed by atoms with Crippen molar-refractivity contribution in [2.45, 2.75) is 31.6 Å². The Morgan fingerprint density at radius 1 is 1.28 bits per heavy atom. The van der Waals surface area contributed by atoms with Gasteiger partial charge < -0.3 is 10.1 Å². The number of ether oxygens (including phenoxy) is 1. The van der Waals surface area contributed by atoms with Crippen LogP contribution in [0.3, 0.4) is 0 Å². The van der Waals surface area contributed by atoms with Crippen molar-refractivity contribution >= 4 is 21.8 Å². The molecular formula is C14H20BrNO2. The molecule has 0 saturated heterocycles. The maximum Gasteiger partial charge on any atom is 0.234 e. The lowest BCUT2D eigenvalue weighted by Gasteiger charge is -2.20. The maximum atomic E-state index is 12.0. The Bertz CT molecular complexity index is 407. The smallest absolute Gasteiger partial charge is 0.234 e. The fourth-order valence-corrected chi connectivity index (χ4v) is 1.83. The number of nitrogens with one attached hydrogen (secondary N) is 1. The van der Waals surface area contributed by atoms with E-state index < -0.39 is 0 Å². The molecule has 0 bridgehead atoms. The molecule has 0 radical (unpaired) electrons. The zero-order valence-electron chi connectivity index (χ0n) is 11.2. The lowest BCUT2D eigenvalue weighted by molar-refractivity contribution is -0.121. The van der Waals surface area contributed by atoms with Crippen LogP contribution in [-0.4, -0.2) is 17.8 Å². The van der Waals surface area contributed by atoms with Crippen LogP contribution in [0.2, 0.25) is 0 Å². The minimum Gasteiger partial charge on any atom is -0.496 e. The van der Waals surface area contributed by atoms with Crippen molar-refractivity contribution in [3.8, 4) is 5.75 Å². The van der Waals surface area contributed by atoms with E-state index in [0.717, 1.165) is 11.3 Å². The normalized spacial score (nSPS) is 14.1. The van der Waals surface area contributed by atoms with Gasteiger partial charge in [-0.25, -0.2) is 0 Å². The minimum absolute atomic E-state index is 0.00315. The van der Waals surface area contributed by atoms with Gasteiger partial charge in [-0.15, -0.1) is 0 Å². The van der Waals surface area contributed by atoms with Gasteiger partial charge in [-0.2, -0.15) is 0 Å². The van der Waals surface area contributed by atoms with Crippen molar-refractivity contribution in [1.29, 1.82) is 0 Å². The first-order valence-electron chi connectivity index (χ1n) is 6.04. The Kier molecular flexibility index (Phi) is 5.66. The van der Waals surface area contributed by atoms with Gasteiger partial charge in [0.25, 0.3) is 0 Å². The van der Waals surface area contributed by atoms with Crippen LogP contribution >= 0.6 is 15.9 Å². The summed E-state index contributed by atoms with van der Waals surface area (Å²) in [5.74, 6) is 1.05. The summed E-state index contributed by atoms with van der Waals surface area (Å²) >= 11 is 3.40. The summed E-state index contributed by atoms with van der Waals surface area (Å²) in [4.78, 5) is 11.8. The van der Waals surface area contributed by atoms with Crippen LogP contribution in [0, 0.1) is 5.92 Å². The number of carbonyl (C=O) groups is 1. The lowest BCUT2D eigenvalue weighted by Crippen LogP contribution is -2.35. The van der Waals surface area contributed by atoms with Crippen molar-refractivity contribution in [3.63, 3.8) is 0 Å². The average Bonchev–Trinajstić information content (AvgIpc) is 2.37. The second kappa shape index (κ2) is 6.78. The molecule has 1 aromatic carbocycles. The van der Waals surface area contributed by atoms with E-state index in [1.807, 2.05) is 45.0 Å². The number of rotatable bonds is 5. The summed E-state index contributed by atoms with van der Waals surface area (Å²) in [7, 11) is 1.63. The second-order valence-electron chi connectivity index (χ2n) is 4.62. The number of methoxy groups -OCH3 is 1. The Morgan fingerprint density at radius 2 is 1.89 bits per heavy atom. The second-order valence-corrected chi connectivity index (χ2v) is 5.60. The third-order valence-electron chi connectivity index (χ3n) is 2.80. The molecule has 0 aliphatic heterocycles. The van der Waals surface area contributed by atoms with Crippen molar-refractivity contribution in [3.05, 3.63) is 29.8 Å². The molecule has 1 N–H and O–H groups in total. The zero-order chi connectivity index (χ0) is 13.7. The van der Waals surface area contributed by atoms with Gasteiger partial charge in [0.15, 0.2) is 0 Å². The van der Waals surface area contributed by atoms with Gasteiger partial charge >= 0.3 is 0 Å². The molecule has 1 rings (SSSR count). The highest BCUT2D eigenvalue weighted by atomic mass is 79.9. The molecule has 0 aliphatic carbocycles. The van der Waals surface area contributed by atoms with Crippen LogP contribution in [0.15, 0.2) is 24.3 Å². The molecular weight excluding hydrogens is 294 g/mol. The van der Waals surface area contributed by atoms with Gasteiger partial charge in [0.05, 0.1) is 18.0 Å². The van der Waals surface area contributed by atoms with E-state index in [4.69, 9.17) is 4.74 Å². The highest BCUT2D eigenvalue weighted by Gasteiger charge is 2.21. The number of hydrogen-bond acceptors (Lipinski definition) is 2. The number of alkyl halides is 1. The van der Waals surface area contributed by atoms with Crippen molar-refractivity contribution in [2.75, 3.05) is 7.11 Å². The van der Waals surface area contributed by atoms with Crippen LogP contribution in [0.25, 0.3) is 0 Å². The van der Waals surface area contributed by atoms with Gasteiger partial charge in [0.2, 0.25) is 5.91 Å². The molecule has 3 nitrogen and oxygen atoms in total. The van der Waals surface area contributed by atoms with Gasteiger partial charge in [0.1, 0.15) is 5.75 Å². The number of para-hydroxylation sites is 1. The summed E-state index contributed by atoms with van der Waals surface area (Å²) in [5.41, 5.74) is 0.983. The minimum atomic E-state index is -0.172. The standard InChI is InChI=1S/C14H20BrNO2/c1-9(2)13(15)14(17)16-10(3)11-7-5-6-8-12(11)18-4/h5-10,13H,1-4H3,(H,16,17)/t10-,13?/m1/s1. The molecule has 4 heteroatoms. The van der Waals surface area contributed by atoms with Crippen LogP contribution in [0.4, 0.5) is 0 Å². The Balaban J connectivity index is 2.76. The van der Waals surface area contributed by atoms with Crippen molar-refractivity contribution in [1.82, 2.24) is 5.32 Å². The van der Waals surface area contributed by atoms with Crippen LogP contribution in [-0.2, 0) is 4.79 Å². The number of amides is 1. The largest absolute Gasteiger partial charge is 0.496 e. The number of carbonyl (C=O) groups excluding carboxylic acids is 1. The van der Waals surface area contributed by atoms with Crippen molar-refractivity contribution < 1.29 is 9.53 Å². The van der Waals surface area contributed by atoms with E-state index in [2.05, 4.69) is 21.2 Å². The molecule has 0 fully saturated rings. The highest BCUT2D eigenvalue weighted by molar-refractivity contribution is 9.10. The summed E-state index contributed by atoms with van der Waals surface area (Å²) in [6.45, 7) is 5.97. The highest BCUT2D eigenvalue weighted by Crippen LogP contribution is 2.25. The van der Waals surface area contributed by atoms with Gasteiger partial charge in [-0.05, 0) is 18.9 Å². The molecule has 0 saturated carbocycles. The topological polar surface area (TPSA) is 38.3 Å². The molecule has 0 aromatic heterocycles. The number of hydrogen-bond donors (Lipinski definition) is 1. The predicted octanol–water partition coefficient (Wildman–Crippen LogP) is 3.29. The first kappa shape index (κ1) is 15.0. The van der Waals surface area contributed by atoms with E-state index in [0.29, 0.717) is 0 Å². The fourth-order valence-electron chi connectivity index (χ4n) is 1.70. The predicted molar refractivity (Wildman–Crippen MR) is 77.1 cm³/mol. The third kappa shape index (κ3) is 3.73. The molecule has 1 aromatic rings.